The van der Waals surface area contributed by atoms with Crippen LogP contribution in [0.25, 0.3) is 0 Å². The first-order chi connectivity index (χ1) is 12.7. The minimum absolute atomic E-state index is 0.0973. The molecule has 2 saturated heterocycles. The van der Waals surface area contributed by atoms with Gasteiger partial charge in [0.05, 0.1) is 16.6 Å². The van der Waals surface area contributed by atoms with Gasteiger partial charge in [0.15, 0.2) is 0 Å². The predicted molar refractivity (Wildman–Crippen MR) is 101 cm³/mol. The maximum absolute atomic E-state index is 13.1. The van der Waals surface area contributed by atoms with Gasteiger partial charge in [0.2, 0.25) is 15.9 Å². The molecule has 27 heavy (non-hydrogen) atoms. The van der Waals surface area contributed by atoms with Crippen molar-refractivity contribution in [3.05, 3.63) is 30.1 Å². The zero-order valence-corrected chi connectivity index (χ0v) is 16.9. The molecule has 1 aromatic carbocycles. The number of likely N-dealkylation sites (N-methyl/N-ethyl adjacent to an activating group) is 1. The fourth-order valence-electron chi connectivity index (χ4n) is 4.15. The lowest BCUT2D eigenvalue weighted by atomic mass is 9.96. The van der Waals surface area contributed by atoms with E-state index >= 15 is 0 Å². The summed E-state index contributed by atoms with van der Waals surface area (Å²) in [6.45, 7) is 7.34. The van der Waals surface area contributed by atoms with Gasteiger partial charge in [-0.2, -0.15) is 4.31 Å². The Morgan fingerprint density at radius 2 is 1.81 bits per heavy atom. The summed E-state index contributed by atoms with van der Waals surface area (Å²) in [5, 5.41) is 3.53. The Morgan fingerprint density at radius 3 is 2.33 bits per heavy atom. The van der Waals surface area contributed by atoms with Crippen molar-refractivity contribution in [1.29, 1.82) is 0 Å². The second-order valence-electron chi connectivity index (χ2n) is 7.48. The Kier molecular flexibility index (Phi) is 5.61. The number of hydrogen-bond donors (Lipinski definition) is 1. The van der Waals surface area contributed by atoms with Gasteiger partial charge in [-0.05, 0) is 49.9 Å². The highest BCUT2D eigenvalue weighted by Crippen LogP contribution is 2.36. The Balaban J connectivity index is 1.77. The Hall–Kier alpha value is -1.51. The monoisotopic (exact) mass is 397 g/mol. The number of amides is 1. The van der Waals surface area contributed by atoms with Crippen LogP contribution >= 0.6 is 0 Å². The van der Waals surface area contributed by atoms with Crippen molar-refractivity contribution in [1.82, 2.24) is 14.5 Å². The average molecular weight is 398 g/mol. The van der Waals surface area contributed by atoms with E-state index in [0.717, 1.165) is 18.6 Å². The molecule has 0 radical (unpaired) electrons. The van der Waals surface area contributed by atoms with Crippen LogP contribution in [0.1, 0.15) is 40.0 Å². The zero-order valence-electron chi connectivity index (χ0n) is 16.1. The lowest BCUT2D eigenvalue weighted by Crippen LogP contribution is -2.59. The lowest BCUT2D eigenvalue weighted by Gasteiger charge is -2.44. The van der Waals surface area contributed by atoms with Crippen LogP contribution < -0.4 is 5.32 Å². The van der Waals surface area contributed by atoms with E-state index in [0.29, 0.717) is 32.5 Å². The van der Waals surface area contributed by atoms with Crippen molar-refractivity contribution >= 4 is 15.9 Å². The number of hydrogen-bond acceptors (Lipinski definition) is 4. The van der Waals surface area contributed by atoms with E-state index in [1.54, 1.807) is 0 Å². The van der Waals surface area contributed by atoms with Gasteiger partial charge in [0.1, 0.15) is 5.82 Å². The minimum Gasteiger partial charge on any atom is -0.323 e. The van der Waals surface area contributed by atoms with Crippen molar-refractivity contribution in [2.24, 2.45) is 5.92 Å². The summed E-state index contributed by atoms with van der Waals surface area (Å²) in [5.41, 5.74) is -0.477. The van der Waals surface area contributed by atoms with Gasteiger partial charge in [0, 0.05) is 19.6 Å². The molecular weight excluding hydrogens is 369 g/mol. The highest BCUT2D eigenvalue weighted by Gasteiger charge is 2.52. The molecular formula is C19H28FN3O3S. The average Bonchev–Trinajstić information content (AvgIpc) is 2.93. The molecule has 0 unspecified atom stereocenters. The fourth-order valence-corrected chi connectivity index (χ4v) is 5.60. The van der Waals surface area contributed by atoms with Crippen LogP contribution in [0.3, 0.4) is 0 Å². The van der Waals surface area contributed by atoms with Crippen molar-refractivity contribution in [3.63, 3.8) is 0 Å². The van der Waals surface area contributed by atoms with Crippen molar-refractivity contribution in [2.75, 3.05) is 19.6 Å². The van der Waals surface area contributed by atoms with Crippen LogP contribution in [0, 0.1) is 11.7 Å². The van der Waals surface area contributed by atoms with E-state index in [1.807, 2.05) is 11.8 Å². The molecule has 2 aliphatic heterocycles. The summed E-state index contributed by atoms with van der Waals surface area (Å²) in [6.07, 6.45) is 1.99. The van der Waals surface area contributed by atoms with Crippen LogP contribution in [0.4, 0.5) is 4.39 Å². The number of nitrogens with one attached hydrogen (secondary N) is 1. The van der Waals surface area contributed by atoms with E-state index in [2.05, 4.69) is 19.2 Å². The first-order valence-electron chi connectivity index (χ1n) is 9.60. The normalized spacial score (nSPS) is 24.5. The number of benzene rings is 1. The van der Waals surface area contributed by atoms with E-state index in [4.69, 9.17) is 0 Å². The fraction of sp³-hybridized carbons (Fsp3) is 0.632. The molecule has 0 aromatic heterocycles. The van der Waals surface area contributed by atoms with Crippen LogP contribution in [0.5, 0.6) is 0 Å². The molecule has 150 valence electrons. The van der Waals surface area contributed by atoms with Gasteiger partial charge in [-0.3, -0.25) is 10.1 Å². The summed E-state index contributed by atoms with van der Waals surface area (Å²) < 4.78 is 40.2. The minimum atomic E-state index is -3.66. The Bertz CT molecular complexity index is 789. The maximum atomic E-state index is 13.1. The third-order valence-electron chi connectivity index (χ3n) is 6.00. The lowest BCUT2D eigenvalue weighted by molar-refractivity contribution is -0.133. The molecule has 6 nitrogen and oxygen atoms in total. The molecule has 1 aromatic rings. The smallest absolute Gasteiger partial charge is 0.243 e. The molecule has 2 atom stereocenters. The van der Waals surface area contributed by atoms with Crippen molar-refractivity contribution in [3.8, 4) is 0 Å². The van der Waals surface area contributed by atoms with Crippen molar-refractivity contribution in [2.45, 2.75) is 56.6 Å². The van der Waals surface area contributed by atoms with Crippen LogP contribution in [0.15, 0.2) is 29.2 Å². The van der Waals surface area contributed by atoms with Gasteiger partial charge in [0.25, 0.3) is 0 Å². The first kappa shape index (κ1) is 20.2. The zero-order chi connectivity index (χ0) is 19.8. The van der Waals surface area contributed by atoms with Crippen LogP contribution in [-0.2, 0) is 14.8 Å². The molecule has 2 heterocycles. The standard InChI is InChI=1S/C19H28FN3O3S/c1-4-14(3)17-18(24)23(5-2)19(21-17)10-12-22(13-11-19)27(25,26)16-8-6-15(20)7-9-16/h6-9,14,17,21H,4-5,10-13H2,1-3H3/t14-,17+/m1/s1. The molecule has 0 saturated carbocycles. The molecule has 1 N–H and O–H groups in total. The van der Waals surface area contributed by atoms with Gasteiger partial charge in [-0.15, -0.1) is 0 Å². The summed E-state index contributed by atoms with van der Waals surface area (Å²) >= 11 is 0. The molecule has 8 heteroatoms. The number of carbonyl (C=O) groups is 1. The van der Waals surface area contributed by atoms with Gasteiger partial charge in [-0.25, -0.2) is 12.8 Å². The summed E-state index contributed by atoms with van der Waals surface area (Å²) in [7, 11) is -3.66. The number of sulfonamides is 1. The third kappa shape index (κ3) is 3.50. The molecule has 1 amide bonds. The number of carbonyl (C=O) groups excluding carboxylic acids is 1. The Labute approximate surface area is 160 Å². The van der Waals surface area contributed by atoms with Gasteiger partial charge < -0.3 is 4.90 Å². The topological polar surface area (TPSA) is 69.7 Å². The quantitative estimate of drug-likeness (QED) is 0.827. The second kappa shape index (κ2) is 7.48. The number of rotatable bonds is 5. The third-order valence-corrected chi connectivity index (χ3v) is 7.92. The van der Waals surface area contributed by atoms with E-state index in [1.165, 1.54) is 16.4 Å². The predicted octanol–water partition coefficient (Wildman–Crippen LogP) is 2.17. The molecule has 2 aliphatic rings. The van der Waals surface area contributed by atoms with Crippen LogP contribution in [0.2, 0.25) is 0 Å². The molecule has 0 bridgehead atoms. The second-order valence-corrected chi connectivity index (χ2v) is 9.42. The van der Waals surface area contributed by atoms with E-state index < -0.39 is 21.5 Å². The van der Waals surface area contributed by atoms with E-state index in [9.17, 15) is 17.6 Å². The molecule has 0 aliphatic carbocycles. The SMILES string of the molecule is CC[C@@H](C)[C@@H]1NC2(CCN(S(=O)(=O)c3ccc(F)cc3)CC2)N(CC)C1=O. The Morgan fingerprint density at radius 1 is 1.22 bits per heavy atom. The highest BCUT2D eigenvalue weighted by atomic mass is 32.2. The maximum Gasteiger partial charge on any atom is 0.243 e. The highest BCUT2D eigenvalue weighted by molar-refractivity contribution is 7.89. The van der Waals surface area contributed by atoms with Crippen molar-refractivity contribution < 1.29 is 17.6 Å². The largest absolute Gasteiger partial charge is 0.323 e. The summed E-state index contributed by atoms with van der Waals surface area (Å²) in [5.74, 6) is -0.122. The number of nitrogens with zero attached hydrogens (tertiary/aromatic N) is 2. The van der Waals surface area contributed by atoms with Crippen LogP contribution in [-0.4, -0.2) is 54.9 Å². The van der Waals surface area contributed by atoms with Gasteiger partial charge in [-0.1, -0.05) is 20.3 Å². The first-order valence-corrected chi connectivity index (χ1v) is 11.0. The molecule has 3 rings (SSSR count). The molecule has 2 fully saturated rings. The summed E-state index contributed by atoms with van der Waals surface area (Å²) in [6, 6.07) is 4.69. The van der Waals surface area contributed by atoms with E-state index in [-0.39, 0.29) is 22.8 Å². The number of halogens is 1. The number of piperidine rings is 1. The molecule has 1 spiro atoms. The van der Waals surface area contributed by atoms with Gasteiger partial charge >= 0.3 is 0 Å². The summed E-state index contributed by atoms with van der Waals surface area (Å²) in [4.78, 5) is 14.8.